The largest absolute Gasteiger partial charge is 0.372 e. The lowest BCUT2D eigenvalue weighted by atomic mass is 10.1. The average molecular weight is 277 g/mol. The van der Waals surface area contributed by atoms with Gasteiger partial charge in [0.25, 0.3) is 0 Å². The van der Waals surface area contributed by atoms with Gasteiger partial charge < -0.3 is 10.2 Å². The number of nitrogens with zero attached hydrogens (tertiary/aromatic N) is 2. The van der Waals surface area contributed by atoms with Crippen LogP contribution in [0.5, 0.6) is 0 Å². The van der Waals surface area contributed by atoms with Crippen LogP contribution in [0.4, 0.5) is 0 Å². The summed E-state index contributed by atoms with van der Waals surface area (Å²) >= 11 is 0. The molecule has 0 aromatic heterocycles. The Kier molecular flexibility index (Phi) is 5.35. The summed E-state index contributed by atoms with van der Waals surface area (Å²) in [4.78, 5) is 19.1. The van der Waals surface area contributed by atoms with E-state index in [0.29, 0.717) is 12.3 Å². The summed E-state index contributed by atoms with van der Waals surface area (Å²) in [5, 5.41) is 3.37. The molecule has 0 aromatic carbocycles. The molecule has 4 nitrogen and oxygen atoms in total. The molecule has 1 saturated carbocycles. The van der Waals surface area contributed by atoms with Crippen molar-refractivity contribution in [1.29, 1.82) is 0 Å². The molecule has 0 radical (unpaired) electrons. The minimum atomic E-state index is 0.234. The van der Waals surface area contributed by atoms with E-state index in [9.17, 15) is 4.79 Å². The highest BCUT2D eigenvalue weighted by atomic mass is 16.1. The van der Waals surface area contributed by atoms with Gasteiger partial charge in [0.2, 0.25) is 0 Å². The molecule has 1 N–H and O–H groups in total. The molecule has 2 fully saturated rings. The summed E-state index contributed by atoms with van der Waals surface area (Å²) in [6.07, 6.45) is 2.62. The molecule has 20 heavy (non-hydrogen) atoms. The van der Waals surface area contributed by atoms with Gasteiger partial charge in [-0.25, -0.2) is 0 Å². The van der Waals surface area contributed by atoms with Crippen molar-refractivity contribution < 1.29 is 4.79 Å². The third-order valence-electron chi connectivity index (χ3n) is 4.44. The molecule has 1 aliphatic heterocycles. The Morgan fingerprint density at radius 3 is 2.70 bits per heavy atom. The molecular weight excluding hydrogens is 250 g/mol. The maximum Gasteiger partial charge on any atom is 0.181 e. The topological polar surface area (TPSA) is 44.7 Å². The van der Waals surface area contributed by atoms with E-state index in [1.54, 1.807) is 0 Å². The number of ketones is 1. The van der Waals surface area contributed by atoms with E-state index in [-0.39, 0.29) is 5.78 Å². The summed E-state index contributed by atoms with van der Waals surface area (Å²) < 4.78 is 0. The van der Waals surface area contributed by atoms with E-state index >= 15 is 0 Å². The van der Waals surface area contributed by atoms with Gasteiger partial charge in [-0.2, -0.15) is 0 Å². The number of carbonyl (C=O) groups excluding carboxylic acids is 1. The number of aliphatic imine (C=N–C) groups is 1. The Labute approximate surface area is 122 Å². The Balaban J connectivity index is 2.17. The minimum absolute atomic E-state index is 0.234. The zero-order valence-corrected chi connectivity index (χ0v) is 13.0. The van der Waals surface area contributed by atoms with Gasteiger partial charge >= 0.3 is 0 Å². The predicted octanol–water partition coefficient (Wildman–Crippen LogP) is 2.02. The summed E-state index contributed by atoms with van der Waals surface area (Å²) in [7, 11) is 0. The van der Waals surface area contributed by atoms with Gasteiger partial charge in [-0.1, -0.05) is 20.3 Å². The third-order valence-corrected chi connectivity index (χ3v) is 4.44. The van der Waals surface area contributed by atoms with Crippen LogP contribution in [0, 0.1) is 5.92 Å². The first-order valence-electron chi connectivity index (χ1n) is 7.87. The molecular formula is C16H27N3O. The van der Waals surface area contributed by atoms with Gasteiger partial charge in [-0.05, 0) is 19.3 Å². The predicted molar refractivity (Wildman–Crippen MR) is 83.1 cm³/mol. The first kappa shape index (κ1) is 15.2. The summed E-state index contributed by atoms with van der Waals surface area (Å²) in [6.45, 7) is 11.4. The lowest BCUT2D eigenvalue weighted by Gasteiger charge is -2.31. The number of Topliss-reactive ketones (excluding diaryl/α,β-unsaturated/α-hetero) is 1. The molecule has 0 spiro atoms. The van der Waals surface area contributed by atoms with Gasteiger partial charge in [0, 0.05) is 50.4 Å². The fraction of sp³-hybridized carbons (Fsp3) is 0.750. The second-order valence-corrected chi connectivity index (χ2v) is 5.93. The van der Waals surface area contributed by atoms with Crippen LogP contribution in [0.15, 0.2) is 16.3 Å². The number of rotatable bonds is 4. The van der Waals surface area contributed by atoms with E-state index in [1.807, 2.05) is 0 Å². The zero-order valence-electron chi connectivity index (χ0n) is 13.0. The highest BCUT2D eigenvalue weighted by Crippen LogP contribution is 2.25. The molecule has 0 aromatic rings. The molecule has 2 aliphatic rings. The van der Waals surface area contributed by atoms with Crippen molar-refractivity contribution in [3.8, 4) is 0 Å². The number of carbonyl (C=O) groups is 1. The standard InChI is InChI=1S/C16H27N3O/c1-4-12(2)11-18-16-14(5-6-15(16)20)13(3)19-9-7-17-8-10-19/h12,17H,4-11H2,1-3H3/b14-13+,18-16?. The molecule has 4 heteroatoms. The van der Waals surface area contributed by atoms with Gasteiger partial charge in [0.15, 0.2) is 5.78 Å². The minimum Gasteiger partial charge on any atom is -0.372 e. The van der Waals surface area contributed by atoms with E-state index in [1.165, 1.54) is 11.3 Å². The van der Waals surface area contributed by atoms with Crippen LogP contribution < -0.4 is 5.32 Å². The fourth-order valence-electron chi connectivity index (χ4n) is 2.75. The van der Waals surface area contributed by atoms with Crippen LogP contribution in [0.25, 0.3) is 0 Å². The number of hydrogen-bond acceptors (Lipinski definition) is 4. The first-order chi connectivity index (χ1) is 9.63. The monoisotopic (exact) mass is 277 g/mol. The molecule has 1 aliphatic carbocycles. The van der Waals surface area contributed by atoms with Crippen molar-refractivity contribution in [3.63, 3.8) is 0 Å². The zero-order chi connectivity index (χ0) is 14.5. The van der Waals surface area contributed by atoms with Gasteiger partial charge in [0.05, 0.1) is 0 Å². The molecule has 1 unspecified atom stereocenters. The molecule has 0 amide bonds. The highest BCUT2D eigenvalue weighted by Gasteiger charge is 2.28. The van der Waals surface area contributed by atoms with Crippen molar-refractivity contribution in [2.45, 2.75) is 40.0 Å². The Morgan fingerprint density at radius 2 is 2.05 bits per heavy atom. The second-order valence-electron chi connectivity index (χ2n) is 5.93. The number of piperazine rings is 1. The third kappa shape index (κ3) is 3.48. The number of nitrogens with one attached hydrogen (secondary N) is 1. The lowest BCUT2D eigenvalue weighted by molar-refractivity contribution is -0.112. The summed E-state index contributed by atoms with van der Waals surface area (Å²) in [5.74, 6) is 0.787. The van der Waals surface area contributed by atoms with Crippen molar-refractivity contribution in [1.82, 2.24) is 10.2 Å². The van der Waals surface area contributed by atoms with Crippen LogP contribution in [-0.4, -0.2) is 49.1 Å². The van der Waals surface area contributed by atoms with Crippen molar-refractivity contribution in [3.05, 3.63) is 11.3 Å². The van der Waals surface area contributed by atoms with Gasteiger partial charge in [-0.15, -0.1) is 0 Å². The Hall–Kier alpha value is -1.16. The van der Waals surface area contributed by atoms with E-state index < -0.39 is 0 Å². The molecule has 1 atom stereocenters. The van der Waals surface area contributed by atoms with Crippen LogP contribution >= 0.6 is 0 Å². The van der Waals surface area contributed by atoms with Crippen molar-refractivity contribution in [2.24, 2.45) is 10.9 Å². The van der Waals surface area contributed by atoms with Gasteiger partial charge in [0.1, 0.15) is 5.71 Å². The van der Waals surface area contributed by atoms with Crippen LogP contribution in [0.2, 0.25) is 0 Å². The molecule has 2 rings (SSSR count). The smallest absolute Gasteiger partial charge is 0.181 e. The number of allylic oxidation sites excluding steroid dienone is 2. The molecule has 1 heterocycles. The average Bonchev–Trinajstić information content (AvgIpc) is 2.86. The van der Waals surface area contributed by atoms with Crippen LogP contribution in [0.3, 0.4) is 0 Å². The molecule has 112 valence electrons. The normalized spacial score (nSPS) is 26.2. The first-order valence-corrected chi connectivity index (χ1v) is 7.87. The molecule has 0 bridgehead atoms. The highest BCUT2D eigenvalue weighted by molar-refractivity contribution is 6.48. The van der Waals surface area contributed by atoms with Crippen molar-refractivity contribution >= 4 is 11.5 Å². The van der Waals surface area contributed by atoms with E-state index in [4.69, 9.17) is 0 Å². The fourth-order valence-corrected chi connectivity index (χ4v) is 2.75. The summed E-state index contributed by atoms with van der Waals surface area (Å²) in [5.41, 5.74) is 3.22. The number of hydrogen-bond donors (Lipinski definition) is 1. The van der Waals surface area contributed by atoms with Crippen LogP contribution in [-0.2, 0) is 4.79 Å². The SMILES string of the molecule is CCC(C)CN=C1C(=O)CC/C1=C(/C)N1CCNCC1. The van der Waals surface area contributed by atoms with E-state index in [0.717, 1.165) is 51.3 Å². The quantitative estimate of drug-likeness (QED) is 0.855. The second kappa shape index (κ2) is 7.02. The molecule has 1 saturated heterocycles. The Morgan fingerprint density at radius 1 is 1.35 bits per heavy atom. The maximum atomic E-state index is 12.1. The van der Waals surface area contributed by atoms with Crippen LogP contribution in [0.1, 0.15) is 40.0 Å². The Bertz CT molecular complexity index is 419. The van der Waals surface area contributed by atoms with Crippen molar-refractivity contribution in [2.75, 3.05) is 32.7 Å². The summed E-state index contributed by atoms with van der Waals surface area (Å²) in [6, 6.07) is 0. The lowest BCUT2D eigenvalue weighted by Crippen LogP contribution is -2.42. The van der Waals surface area contributed by atoms with Gasteiger partial charge in [-0.3, -0.25) is 9.79 Å². The van der Waals surface area contributed by atoms with E-state index in [2.05, 4.69) is 36.0 Å². The maximum absolute atomic E-state index is 12.1.